The van der Waals surface area contributed by atoms with Crippen molar-refractivity contribution in [2.45, 2.75) is 283 Å². The molecule has 12 rings (SSSR count). The van der Waals surface area contributed by atoms with Crippen molar-refractivity contribution in [1.82, 2.24) is 49.5 Å². The molecule has 8 aromatic heterocycles. The average Bonchev–Trinajstić information content (AvgIpc) is 1.68. The first-order chi connectivity index (χ1) is 49.8. The minimum atomic E-state index is -4.41. The molecule has 0 bridgehead atoms. The number of furan rings is 1. The number of benzene rings is 4. The van der Waals surface area contributed by atoms with E-state index in [1.165, 1.54) is 39.9 Å². The van der Waals surface area contributed by atoms with Gasteiger partial charge in [0, 0.05) is 76.5 Å². The molecule has 12 aromatic rings. The standard InChI is InChI=1S/C14H15NO.C13H13F3N2.C13H14O.C12H13N.2C11H20N2.C8H10ClN.C7H11NO.7CH4/c1-11(2)12-8-9-14(15-10-12)16-13-6-4-3-5-7-13;1-9(2)11-8-17-18(12(11)13(14,15)16)10-6-4-3-5-7-10;1-10(2)12-8-9-13(14-12)11-6-4-3-5-7-11;1-9(2)11-8-7-10-5-3-4-6-12(10)13-11;1-8(2)9-7-10(11(3,4)5)12-13(9)6;1-8(2)10-7-9(3)12-13(10)11(4,5)6;1-6(2)7-4-3-5-10-8(7)9;1-5(2)7-4-6(3)9-8-7;;;;;;;/h3-11H,1-2H3;3-9H,1-2H3;3-10H,1-2H3;3-9H,1-2H3;2*7-8H,1-6H3;3-6H,1-2H3;4-5H,1-3H3;7*1H4. The van der Waals surface area contributed by atoms with Crippen molar-refractivity contribution >= 4 is 22.5 Å². The van der Waals surface area contributed by atoms with Gasteiger partial charge in [-0.25, -0.2) is 14.6 Å². The number of ether oxygens (including phenoxy) is 1. The van der Waals surface area contributed by atoms with Crippen LogP contribution in [0, 0.1) is 13.8 Å². The Labute approximate surface area is 687 Å². The molecule has 8 heterocycles. The first kappa shape index (κ1) is 108. The minimum Gasteiger partial charge on any atom is -0.461 e. The van der Waals surface area contributed by atoms with Gasteiger partial charge in [-0.2, -0.15) is 28.5 Å². The van der Waals surface area contributed by atoms with Gasteiger partial charge >= 0.3 is 6.18 Å². The lowest BCUT2D eigenvalue weighted by Gasteiger charge is -2.23. The van der Waals surface area contributed by atoms with Crippen molar-refractivity contribution in [1.29, 1.82) is 0 Å². The number of alkyl halides is 3. The van der Waals surface area contributed by atoms with Gasteiger partial charge < -0.3 is 13.7 Å². The quantitative estimate of drug-likeness (QED) is 0.109. The maximum Gasteiger partial charge on any atom is 0.433 e. The van der Waals surface area contributed by atoms with Gasteiger partial charge in [-0.15, -0.1) is 0 Å². The van der Waals surface area contributed by atoms with Gasteiger partial charge in [-0.05, 0) is 154 Å². The third-order valence-corrected chi connectivity index (χ3v) is 16.9. The number of aryl methyl sites for hydroxylation is 3. The lowest BCUT2D eigenvalue weighted by molar-refractivity contribution is -0.143. The Morgan fingerprint density at radius 3 is 1.45 bits per heavy atom. The Morgan fingerprint density at radius 2 is 1.04 bits per heavy atom. The van der Waals surface area contributed by atoms with Crippen molar-refractivity contribution in [2.75, 3.05) is 0 Å². The molecular formula is C96H144ClF3N10O3. The molecule has 113 heavy (non-hydrogen) atoms. The van der Waals surface area contributed by atoms with E-state index in [0.29, 0.717) is 58.1 Å². The average molecular weight is 1580 g/mol. The second kappa shape index (κ2) is 50.6. The summed E-state index contributed by atoms with van der Waals surface area (Å²) in [7, 11) is 2.02. The van der Waals surface area contributed by atoms with Crippen molar-refractivity contribution in [3.63, 3.8) is 0 Å². The highest BCUT2D eigenvalue weighted by molar-refractivity contribution is 6.30. The number of halogens is 4. The molecule has 0 atom stereocenters. The Kier molecular flexibility index (Phi) is 48.3. The molecule has 13 nitrogen and oxygen atoms in total. The third-order valence-electron chi connectivity index (χ3n) is 16.6. The predicted molar refractivity (Wildman–Crippen MR) is 479 cm³/mol. The Hall–Kier alpha value is -9.41. The molecule has 0 aliphatic carbocycles. The van der Waals surface area contributed by atoms with Crippen LogP contribution in [0.3, 0.4) is 0 Å². The van der Waals surface area contributed by atoms with Crippen LogP contribution in [0.25, 0.3) is 27.9 Å². The molecule has 624 valence electrons. The zero-order valence-electron chi connectivity index (χ0n) is 67.4. The summed E-state index contributed by atoms with van der Waals surface area (Å²) >= 11 is 5.81. The molecule has 0 saturated heterocycles. The SMILES string of the molecule is C.C.C.C.C.C.C.CC(C)c1cc(C(C)(C)C)nn1C.CC(C)c1ccc(-c2ccccc2)o1.CC(C)c1ccc(Oc2ccccc2)nc1.CC(C)c1ccc2ccccc2n1.CC(C)c1cccnc1Cl.CC(C)c1cnn(-c2ccccc2)c1C(F)(F)F.Cc1cc(C(C)C)n(C(C)(C)C)n1.Cc1cc(C(C)C)no1. The fourth-order valence-electron chi connectivity index (χ4n) is 10.4. The molecule has 0 amide bonds. The van der Waals surface area contributed by atoms with E-state index >= 15 is 0 Å². The van der Waals surface area contributed by atoms with Crippen LogP contribution in [-0.2, 0) is 24.2 Å². The van der Waals surface area contributed by atoms with Crippen LogP contribution < -0.4 is 4.74 Å². The maximum atomic E-state index is 13.1. The largest absolute Gasteiger partial charge is 0.461 e. The molecule has 0 aliphatic rings. The van der Waals surface area contributed by atoms with Gasteiger partial charge in [-0.3, -0.25) is 14.3 Å². The minimum absolute atomic E-state index is 0. The van der Waals surface area contributed by atoms with Crippen LogP contribution in [0.2, 0.25) is 5.15 Å². The molecule has 0 N–H and O–H groups in total. The molecule has 4 aromatic carbocycles. The summed E-state index contributed by atoms with van der Waals surface area (Å²) in [5.74, 6) is 7.59. The monoisotopic (exact) mass is 1580 g/mol. The van der Waals surface area contributed by atoms with Crippen molar-refractivity contribution in [3.8, 4) is 28.6 Å². The highest BCUT2D eigenvalue weighted by Crippen LogP contribution is 2.37. The predicted octanol–water partition coefficient (Wildman–Crippen LogP) is 30.8. The number of aromatic nitrogens is 10. The summed E-state index contributed by atoms with van der Waals surface area (Å²) in [6.45, 7) is 50.6. The Bertz CT molecular complexity index is 4480. The molecule has 0 unspecified atom stereocenters. The van der Waals surface area contributed by atoms with E-state index in [-0.39, 0.29) is 74.4 Å². The van der Waals surface area contributed by atoms with Crippen molar-refractivity contribution in [2.24, 2.45) is 7.05 Å². The van der Waals surface area contributed by atoms with Gasteiger partial charge in [0.15, 0.2) is 5.69 Å². The smallest absolute Gasteiger partial charge is 0.433 e. The number of rotatable bonds is 12. The highest BCUT2D eigenvalue weighted by atomic mass is 35.5. The van der Waals surface area contributed by atoms with Gasteiger partial charge in [0.1, 0.15) is 28.2 Å². The molecule has 0 aliphatic heterocycles. The van der Waals surface area contributed by atoms with Gasteiger partial charge in [0.2, 0.25) is 5.88 Å². The molecule has 17 heteroatoms. The van der Waals surface area contributed by atoms with Gasteiger partial charge in [0.05, 0.1) is 40.0 Å². The van der Waals surface area contributed by atoms with E-state index in [2.05, 4.69) is 233 Å². The number of fused-ring (bicyclic) bond motifs is 1. The lowest BCUT2D eigenvalue weighted by Crippen LogP contribution is -2.25. The maximum absolute atomic E-state index is 13.1. The van der Waals surface area contributed by atoms with Gasteiger partial charge in [-0.1, -0.05) is 303 Å². The van der Waals surface area contributed by atoms with E-state index in [9.17, 15) is 13.2 Å². The molecule has 0 saturated carbocycles. The highest BCUT2D eigenvalue weighted by Gasteiger charge is 2.39. The van der Waals surface area contributed by atoms with E-state index < -0.39 is 11.9 Å². The topological polar surface area (TPSA) is 141 Å². The van der Waals surface area contributed by atoms with Gasteiger partial charge in [0.25, 0.3) is 0 Å². The zero-order valence-corrected chi connectivity index (χ0v) is 68.1. The zero-order chi connectivity index (χ0) is 78.8. The summed E-state index contributed by atoms with van der Waals surface area (Å²) in [6.07, 6.45) is 0.448. The van der Waals surface area contributed by atoms with Crippen molar-refractivity contribution in [3.05, 3.63) is 274 Å². The Balaban J connectivity index is -0.00000122. The second-order valence-electron chi connectivity index (χ2n) is 30.6. The van der Waals surface area contributed by atoms with Crippen LogP contribution in [0.15, 0.2) is 210 Å². The van der Waals surface area contributed by atoms with Crippen LogP contribution in [0.4, 0.5) is 13.2 Å². The fourth-order valence-corrected chi connectivity index (χ4v) is 10.7. The van der Waals surface area contributed by atoms with Crippen LogP contribution >= 0.6 is 11.6 Å². The van der Waals surface area contributed by atoms with Crippen molar-refractivity contribution < 1.29 is 26.8 Å². The van der Waals surface area contributed by atoms with Crippen LogP contribution in [0.1, 0.15) is 320 Å². The van der Waals surface area contributed by atoms with E-state index in [1.807, 2.05) is 129 Å². The molecule has 0 fully saturated rings. The van der Waals surface area contributed by atoms with E-state index in [1.54, 1.807) is 50.4 Å². The molecule has 0 spiro atoms. The first-order valence-corrected chi connectivity index (χ1v) is 37.2. The summed E-state index contributed by atoms with van der Waals surface area (Å²) < 4.78 is 60.7. The lowest BCUT2D eigenvalue weighted by atomic mass is 9.92. The number of hydrogen-bond donors (Lipinski definition) is 0. The Morgan fingerprint density at radius 1 is 0.487 bits per heavy atom. The number of para-hydroxylation sites is 3. The number of pyridine rings is 3. The summed E-state index contributed by atoms with van der Waals surface area (Å²) in [6, 6.07) is 58.9. The van der Waals surface area contributed by atoms with E-state index in [0.717, 1.165) is 55.7 Å². The molecule has 0 radical (unpaired) electrons. The first-order valence-electron chi connectivity index (χ1n) is 36.8. The van der Waals surface area contributed by atoms with Crippen LogP contribution in [-0.4, -0.2) is 49.5 Å². The number of hydrogen-bond acceptors (Lipinski definition) is 10. The second-order valence-corrected chi connectivity index (χ2v) is 31.0. The normalized spacial score (nSPS) is 10.7. The summed E-state index contributed by atoms with van der Waals surface area (Å²) in [5, 5.41) is 18.6. The molecular weight excluding hydrogens is 1430 g/mol. The summed E-state index contributed by atoms with van der Waals surface area (Å²) in [5.41, 5.74) is 11.9. The fraction of sp³-hybridized carbons (Fsp3) is 0.448. The number of nitrogens with zero attached hydrogens (tertiary/aromatic N) is 10. The third kappa shape index (κ3) is 34.8. The van der Waals surface area contributed by atoms with E-state index in [4.69, 9.17) is 25.3 Å². The van der Waals surface area contributed by atoms with Crippen LogP contribution in [0.5, 0.6) is 11.6 Å². The summed E-state index contributed by atoms with van der Waals surface area (Å²) in [4.78, 5) is 12.8.